The van der Waals surface area contributed by atoms with Crippen molar-refractivity contribution in [2.75, 3.05) is 0 Å². The van der Waals surface area contributed by atoms with Gasteiger partial charge in [0.1, 0.15) is 0 Å². The molecule has 0 heterocycles. The van der Waals surface area contributed by atoms with Gasteiger partial charge in [0, 0.05) is 6.08 Å². The first-order valence-electron chi connectivity index (χ1n) is 4.81. The van der Waals surface area contributed by atoms with Crippen molar-refractivity contribution in [1.29, 1.82) is 5.26 Å². The quantitative estimate of drug-likeness (QED) is 0.653. The molecule has 0 radical (unpaired) electrons. The van der Waals surface area contributed by atoms with Gasteiger partial charge in [-0.1, -0.05) is 56.6 Å². The van der Waals surface area contributed by atoms with Gasteiger partial charge < -0.3 is 0 Å². The molecule has 0 fully saturated rings. The lowest BCUT2D eigenvalue weighted by molar-refractivity contribution is 0.590. The minimum atomic E-state index is 0.143. The van der Waals surface area contributed by atoms with Gasteiger partial charge in [-0.25, -0.2) is 0 Å². The molecule has 15 heavy (non-hydrogen) atoms. The SMILES string of the molecule is CC(C)(C)c1ccc(C(Cl)=CC#N)cc1. The van der Waals surface area contributed by atoms with E-state index in [9.17, 15) is 0 Å². The van der Waals surface area contributed by atoms with Crippen molar-refractivity contribution in [3.8, 4) is 6.07 Å². The number of hydrogen-bond acceptors (Lipinski definition) is 1. The molecule has 0 unspecified atom stereocenters. The molecule has 0 N–H and O–H groups in total. The van der Waals surface area contributed by atoms with Crippen LogP contribution in [0.3, 0.4) is 0 Å². The molecule has 1 aromatic rings. The summed E-state index contributed by atoms with van der Waals surface area (Å²) in [5.41, 5.74) is 2.28. The predicted molar refractivity (Wildman–Crippen MR) is 64.6 cm³/mol. The third kappa shape index (κ3) is 3.11. The molecule has 0 atom stereocenters. The van der Waals surface area contributed by atoms with Gasteiger partial charge in [0.25, 0.3) is 0 Å². The van der Waals surface area contributed by atoms with Gasteiger partial charge in [-0.15, -0.1) is 0 Å². The zero-order valence-electron chi connectivity index (χ0n) is 9.21. The van der Waals surface area contributed by atoms with E-state index < -0.39 is 0 Å². The minimum Gasteiger partial charge on any atom is -0.193 e. The monoisotopic (exact) mass is 219 g/mol. The van der Waals surface area contributed by atoms with Gasteiger partial charge in [0.05, 0.1) is 11.1 Å². The van der Waals surface area contributed by atoms with Crippen LogP contribution in [0.5, 0.6) is 0 Å². The van der Waals surface area contributed by atoms with Crippen LogP contribution in [-0.2, 0) is 5.41 Å². The molecule has 0 aromatic heterocycles. The zero-order valence-corrected chi connectivity index (χ0v) is 9.97. The maximum Gasteiger partial charge on any atom is 0.0927 e. The highest BCUT2D eigenvalue weighted by molar-refractivity contribution is 6.48. The van der Waals surface area contributed by atoms with Gasteiger partial charge in [0.2, 0.25) is 0 Å². The van der Waals surface area contributed by atoms with Crippen LogP contribution in [0.15, 0.2) is 30.3 Å². The molecule has 0 aliphatic rings. The molecule has 0 amide bonds. The number of allylic oxidation sites excluding steroid dienone is 1. The van der Waals surface area contributed by atoms with Crippen LogP contribution in [-0.4, -0.2) is 0 Å². The smallest absolute Gasteiger partial charge is 0.0927 e. The van der Waals surface area contributed by atoms with Crippen LogP contribution in [0.4, 0.5) is 0 Å². The van der Waals surface area contributed by atoms with Crippen LogP contribution in [0.25, 0.3) is 5.03 Å². The summed E-state index contributed by atoms with van der Waals surface area (Å²) in [6, 6.07) is 9.89. The van der Waals surface area contributed by atoms with Crippen molar-refractivity contribution in [2.45, 2.75) is 26.2 Å². The largest absolute Gasteiger partial charge is 0.193 e. The van der Waals surface area contributed by atoms with Gasteiger partial charge in [-0.05, 0) is 16.5 Å². The lowest BCUT2D eigenvalue weighted by Gasteiger charge is -2.18. The summed E-state index contributed by atoms with van der Waals surface area (Å²) in [5, 5.41) is 8.96. The lowest BCUT2D eigenvalue weighted by Crippen LogP contribution is -2.10. The Hall–Kier alpha value is -1.26. The van der Waals surface area contributed by atoms with E-state index in [0.29, 0.717) is 5.03 Å². The molecule has 0 saturated heterocycles. The predicted octanol–water partition coefficient (Wildman–Crippen LogP) is 4.09. The Labute approximate surface area is 96.0 Å². The molecule has 0 spiro atoms. The van der Waals surface area contributed by atoms with Crippen LogP contribution in [0.2, 0.25) is 0 Å². The number of nitrogens with zero attached hydrogens (tertiary/aromatic N) is 1. The molecule has 0 aliphatic carbocycles. The van der Waals surface area contributed by atoms with Crippen molar-refractivity contribution in [2.24, 2.45) is 0 Å². The number of nitriles is 1. The van der Waals surface area contributed by atoms with E-state index in [1.165, 1.54) is 11.6 Å². The topological polar surface area (TPSA) is 23.8 Å². The van der Waals surface area contributed by atoms with Crippen LogP contribution < -0.4 is 0 Å². The van der Waals surface area contributed by atoms with Gasteiger partial charge in [-0.2, -0.15) is 5.26 Å². The number of rotatable bonds is 1. The third-order valence-electron chi connectivity index (χ3n) is 2.22. The molecule has 1 aromatic carbocycles. The van der Waals surface area contributed by atoms with E-state index in [2.05, 4.69) is 20.8 Å². The van der Waals surface area contributed by atoms with Gasteiger partial charge >= 0.3 is 0 Å². The van der Waals surface area contributed by atoms with Crippen molar-refractivity contribution >= 4 is 16.6 Å². The van der Waals surface area contributed by atoms with Crippen molar-refractivity contribution < 1.29 is 0 Å². The average molecular weight is 220 g/mol. The second kappa shape index (κ2) is 4.51. The molecule has 0 saturated carbocycles. The Morgan fingerprint density at radius 2 is 1.80 bits per heavy atom. The van der Waals surface area contributed by atoms with E-state index >= 15 is 0 Å². The molecule has 1 rings (SSSR count). The van der Waals surface area contributed by atoms with E-state index in [1.807, 2.05) is 30.3 Å². The summed E-state index contributed by atoms with van der Waals surface area (Å²) >= 11 is 5.91. The van der Waals surface area contributed by atoms with Gasteiger partial charge in [-0.3, -0.25) is 0 Å². The van der Waals surface area contributed by atoms with Crippen molar-refractivity contribution in [3.63, 3.8) is 0 Å². The van der Waals surface area contributed by atoms with Crippen molar-refractivity contribution in [1.82, 2.24) is 0 Å². The summed E-state index contributed by atoms with van der Waals surface area (Å²) in [4.78, 5) is 0. The molecule has 78 valence electrons. The fourth-order valence-electron chi connectivity index (χ4n) is 1.27. The summed E-state index contributed by atoms with van der Waals surface area (Å²) in [5.74, 6) is 0. The van der Waals surface area contributed by atoms with Crippen LogP contribution in [0.1, 0.15) is 31.9 Å². The maximum atomic E-state index is 8.47. The van der Waals surface area contributed by atoms with Crippen molar-refractivity contribution in [3.05, 3.63) is 41.5 Å². The molecule has 0 bridgehead atoms. The minimum absolute atomic E-state index is 0.143. The first-order chi connectivity index (χ1) is 6.95. The Balaban J connectivity index is 3.02. The molecular formula is C13H14ClN. The molecule has 2 heteroatoms. The third-order valence-corrected chi connectivity index (χ3v) is 2.55. The Morgan fingerprint density at radius 3 is 2.20 bits per heavy atom. The first-order valence-corrected chi connectivity index (χ1v) is 5.19. The van der Waals surface area contributed by atoms with E-state index in [0.717, 1.165) is 5.56 Å². The second-order valence-electron chi connectivity index (χ2n) is 4.45. The van der Waals surface area contributed by atoms with Crippen LogP contribution in [0, 0.1) is 11.3 Å². The average Bonchev–Trinajstić information content (AvgIpc) is 2.17. The number of halogens is 1. The molecule has 1 nitrogen and oxygen atoms in total. The van der Waals surface area contributed by atoms with Crippen LogP contribution >= 0.6 is 11.6 Å². The number of benzene rings is 1. The highest BCUT2D eigenvalue weighted by Crippen LogP contribution is 2.25. The number of hydrogen-bond donors (Lipinski definition) is 0. The fourth-order valence-corrected chi connectivity index (χ4v) is 1.44. The van der Waals surface area contributed by atoms with E-state index in [-0.39, 0.29) is 5.41 Å². The summed E-state index contributed by atoms with van der Waals surface area (Å²) in [6.07, 6.45) is 1.34. The lowest BCUT2D eigenvalue weighted by atomic mass is 9.87. The highest BCUT2D eigenvalue weighted by Gasteiger charge is 2.12. The standard InChI is InChI=1S/C13H14ClN/c1-13(2,3)11-6-4-10(5-7-11)12(14)8-9-15/h4-8H,1-3H3. The first kappa shape index (κ1) is 11.8. The van der Waals surface area contributed by atoms with Gasteiger partial charge in [0.15, 0.2) is 0 Å². The Kier molecular flexibility index (Phi) is 3.55. The van der Waals surface area contributed by atoms with E-state index in [1.54, 1.807) is 0 Å². The fraction of sp³-hybridized carbons (Fsp3) is 0.308. The highest BCUT2D eigenvalue weighted by atomic mass is 35.5. The summed E-state index contributed by atoms with van der Waals surface area (Å²) < 4.78 is 0. The van der Waals surface area contributed by atoms with E-state index in [4.69, 9.17) is 16.9 Å². The zero-order chi connectivity index (χ0) is 11.5. The Bertz CT molecular complexity index is 402. The normalized spacial score (nSPS) is 12.3. The summed E-state index contributed by atoms with van der Waals surface area (Å²) in [6.45, 7) is 6.48. The maximum absolute atomic E-state index is 8.47. The molecule has 0 aliphatic heterocycles. The Morgan fingerprint density at radius 1 is 1.27 bits per heavy atom. The summed E-state index contributed by atoms with van der Waals surface area (Å²) in [7, 11) is 0. The second-order valence-corrected chi connectivity index (χ2v) is 4.86. The molecular weight excluding hydrogens is 206 g/mol.